The van der Waals surface area contributed by atoms with Gasteiger partial charge in [-0.3, -0.25) is 4.79 Å². The molecule has 2 rings (SSSR count). The number of hydrogen-bond acceptors (Lipinski definition) is 4. The van der Waals surface area contributed by atoms with Gasteiger partial charge in [0.2, 0.25) is 0 Å². The van der Waals surface area contributed by atoms with Gasteiger partial charge in [0.25, 0.3) is 0 Å². The number of rotatable bonds is 5. The van der Waals surface area contributed by atoms with E-state index >= 15 is 0 Å². The average Bonchev–Trinajstić information content (AvgIpc) is 2.67. The fraction of sp³-hybridized carbons (Fsp3) is 0.500. The van der Waals surface area contributed by atoms with Crippen LogP contribution in [0.5, 0.6) is 0 Å². The van der Waals surface area contributed by atoms with Crippen LogP contribution in [-0.2, 0) is 9.31 Å². The van der Waals surface area contributed by atoms with Crippen LogP contribution in [-0.4, -0.2) is 37.7 Å². The Hall–Kier alpha value is -1.43. The summed E-state index contributed by atoms with van der Waals surface area (Å²) < 4.78 is 12.3. The molecule has 0 radical (unpaired) electrons. The lowest BCUT2D eigenvalue weighted by atomic mass is 9.77. The van der Waals surface area contributed by atoms with Crippen LogP contribution in [0.3, 0.4) is 0 Å². The van der Waals surface area contributed by atoms with Gasteiger partial charge in [-0.05, 0) is 52.7 Å². The predicted octanol–water partition coefficient (Wildman–Crippen LogP) is 3.12. The van der Waals surface area contributed by atoms with Crippen molar-refractivity contribution in [2.45, 2.75) is 45.8 Å². The number of carbonyl (C=O) groups excluding carboxylic acids is 1. The Bertz CT molecular complexity index is 589. The molecule has 1 fully saturated rings. The Balaban J connectivity index is 2.26. The summed E-state index contributed by atoms with van der Waals surface area (Å²) in [6.45, 7) is 10.4. The highest BCUT2D eigenvalue weighted by Gasteiger charge is 2.52. The summed E-state index contributed by atoms with van der Waals surface area (Å²) >= 11 is 0. The van der Waals surface area contributed by atoms with E-state index < -0.39 is 0 Å². The van der Waals surface area contributed by atoms with Gasteiger partial charge < -0.3 is 14.6 Å². The number of Topliss-reactive ketones (excluding diaryl/α,β-unsaturated/α-hetero) is 1. The molecular weight excluding hydrogens is 289 g/mol. The van der Waals surface area contributed by atoms with E-state index in [2.05, 4.69) is 11.4 Å². The fourth-order valence-electron chi connectivity index (χ4n) is 2.43. The van der Waals surface area contributed by atoms with Gasteiger partial charge >= 0.3 is 7.12 Å². The van der Waals surface area contributed by atoms with Crippen molar-refractivity contribution in [2.24, 2.45) is 0 Å². The number of carbonyl (C=O) groups is 1. The molecule has 0 spiro atoms. The van der Waals surface area contributed by atoms with Crippen LogP contribution in [0.4, 0.5) is 0 Å². The predicted molar refractivity (Wildman–Crippen MR) is 94.4 cm³/mol. The van der Waals surface area contributed by atoms with Gasteiger partial charge in [-0.15, -0.1) is 0 Å². The van der Waals surface area contributed by atoms with Crippen LogP contribution >= 0.6 is 0 Å². The van der Waals surface area contributed by atoms with E-state index in [0.717, 1.165) is 11.0 Å². The smallest absolute Gasteiger partial charge is 0.400 e. The zero-order valence-corrected chi connectivity index (χ0v) is 14.9. The van der Waals surface area contributed by atoms with Gasteiger partial charge in [0.1, 0.15) is 0 Å². The van der Waals surface area contributed by atoms with Gasteiger partial charge in [0, 0.05) is 12.1 Å². The molecule has 1 N–H and O–H groups in total. The van der Waals surface area contributed by atoms with Crippen LogP contribution in [0.25, 0.3) is 6.08 Å². The van der Waals surface area contributed by atoms with E-state index in [0.29, 0.717) is 12.1 Å². The first-order valence-corrected chi connectivity index (χ1v) is 7.98. The Labute approximate surface area is 139 Å². The minimum Gasteiger partial charge on any atom is -0.400 e. The van der Waals surface area contributed by atoms with Crippen molar-refractivity contribution < 1.29 is 14.1 Å². The van der Waals surface area contributed by atoms with E-state index in [4.69, 9.17) is 9.31 Å². The quantitative estimate of drug-likeness (QED) is 0.670. The second-order valence-corrected chi connectivity index (χ2v) is 7.02. The van der Waals surface area contributed by atoms with E-state index in [1.165, 1.54) is 0 Å². The van der Waals surface area contributed by atoms with Crippen molar-refractivity contribution in [3.63, 3.8) is 0 Å². The summed E-state index contributed by atoms with van der Waals surface area (Å²) in [5.41, 5.74) is 2.05. The average molecular weight is 315 g/mol. The molecule has 0 amide bonds. The van der Waals surface area contributed by atoms with Crippen LogP contribution in [0.1, 0.15) is 50.5 Å². The summed E-state index contributed by atoms with van der Waals surface area (Å²) in [5.74, 6) is 0.0712. The number of likely N-dealkylation sites (N-methyl/N-ethyl adjacent to an activating group) is 1. The second-order valence-electron chi connectivity index (χ2n) is 7.02. The van der Waals surface area contributed by atoms with Crippen molar-refractivity contribution in [3.8, 4) is 0 Å². The first-order valence-electron chi connectivity index (χ1n) is 7.98. The van der Waals surface area contributed by atoms with Crippen molar-refractivity contribution in [1.82, 2.24) is 5.32 Å². The Morgan fingerprint density at radius 1 is 1.13 bits per heavy atom. The number of benzene rings is 1. The molecular formula is C18H26BNO3. The summed E-state index contributed by atoms with van der Waals surface area (Å²) in [6, 6.07) is 7.57. The largest absolute Gasteiger partial charge is 0.491 e. The van der Waals surface area contributed by atoms with E-state index in [1.54, 1.807) is 6.92 Å². The van der Waals surface area contributed by atoms with Crippen molar-refractivity contribution in [3.05, 3.63) is 40.9 Å². The molecule has 0 bridgehead atoms. The van der Waals surface area contributed by atoms with Gasteiger partial charge in [-0.1, -0.05) is 30.3 Å². The third-order valence-electron chi connectivity index (χ3n) is 4.61. The monoisotopic (exact) mass is 315 g/mol. The molecule has 0 saturated carbocycles. The lowest BCUT2D eigenvalue weighted by Crippen LogP contribution is -2.41. The lowest BCUT2D eigenvalue weighted by Gasteiger charge is -2.32. The van der Waals surface area contributed by atoms with E-state index in [9.17, 15) is 4.79 Å². The summed E-state index contributed by atoms with van der Waals surface area (Å²) in [4.78, 5) is 11.4. The molecule has 4 nitrogen and oxygen atoms in total. The van der Waals surface area contributed by atoms with Crippen LogP contribution < -0.4 is 5.32 Å². The number of nitrogens with one attached hydrogen (secondary N) is 1. The summed E-state index contributed by atoms with van der Waals surface area (Å²) in [6.07, 6.45) is 2.06. The van der Waals surface area contributed by atoms with Gasteiger partial charge in [-0.2, -0.15) is 0 Å². The summed E-state index contributed by atoms with van der Waals surface area (Å²) in [5, 5.41) is 3.17. The maximum Gasteiger partial charge on any atom is 0.491 e. The maximum absolute atomic E-state index is 11.4. The molecule has 1 aromatic rings. The van der Waals surface area contributed by atoms with Gasteiger partial charge in [0.15, 0.2) is 5.78 Å². The number of ketones is 1. The van der Waals surface area contributed by atoms with Gasteiger partial charge in [0.05, 0.1) is 11.2 Å². The Morgan fingerprint density at radius 3 is 2.09 bits per heavy atom. The number of hydrogen-bond donors (Lipinski definition) is 1. The normalized spacial score (nSPS) is 19.9. The zero-order chi connectivity index (χ0) is 17.3. The molecule has 124 valence electrons. The van der Waals surface area contributed by atoms with E-state index in [1.807, 2.05) is 59.0 Å². The molecule has 1 aliphatic heterocycles. The maximum atomic E-state index is 11.4. The molecule has 5 heteroatoms. The fourth-order valence-corrected chi connectivity index (χ4v) is 2.43. The SMILES string of the molecule is CNCC(=Cc1ccc(C(C)=O)cc1)B1OC(C)(C)C(C)(C)O1. The first-order chi connectivity index (χ1) is 10.7. The first kappa shape index (κ1) is 17.9. The van der Waals surface area contributed by atoms with Crippen molar-refractivity contribution in [2.75, 3.05) is 13.6 Å². The standard InChI is InChI=1S/C18H26BNO3/c1-13(21)15-9-7-14(8-10-15)11-16(12-20-6)19-22-17(2,3)18(4,5)23-19/h7-11,20H,12H2,1-6H3. The molecule has 1 heterocycles. The molecule has 1 aromatic carbocycles. The molecule has 23 heavy (non-hydrogen) atoms. The van der Waals surface area contributed by atoms with Crippen molar-refractivity contribution in [1.29, 1.82) is 0 Å². The van der Waals surface area contributed by atoms with Crippen molar-refractivity contribution >= 4 is 19.0 Å². The lowest BCUT2D eigenvalue weighted by molar-refractivity contribution is 0.00578. The molecule has 1 saturated heterocycles. The molecule has 0 atom stereocenters. The van der Waals surface area contributed by atoms with Crippen LogP contribution in [0.2, 0.25) is 0 Å². The zero-order valence-electron chi connectivity index (χ0n) is 14.9. The van der Waals surface area contributed by atoms with Crippen LogP contribution in [0, 0.1) is 0 Å². The third kappa shape index (κ3) is 3.92. The minimum absolute atomic E-state index is 0.0712. The Morgan fingerprint density at radius 2 is 1.65 bits per heavy atom. The van der Waals surface area contributed by atoms with Gasteiger partial charge in [-0.25, -0.2) is 0 Å². The highest BCUT2D eigenvalue weighted by atomic mass is 16.7. The van der Waals surface area contributed by atoms with E-state index in [-0.39, 0.29) is 24.1 Å². The minimum atomic E-state index is -0.375. The molecule has 0 unspecified atom stereocenters. The third-order valence-corrected chi connectivity index (χ3v) is 4.61. The second kappa shape index (κ2) is 6.60. The topological polar surface area (TPSA) is 47.6 Å². The Kier molecular flexibility index (Phi) is 5.14. The molecule has 1 aliphatic rings. The molecule has 0 aromatic heterocycles. The summed E-state index contributed by atoms with van der Waals surface area (Å²) in [7, 11) is 1.53. The highest BCUT2D eigenvalue weighted by Crippen LogP contribution is 2.38. The highest BCUT2D eigenvalue weighted by molar-refractivity contribution is 6.55. The van der Waals surface area contributed by atoms with Crippen LogP contribution in [0.15, 0.2) is 29.7 Å². The molecule has 0 aliphatic carbocycles.